The number of carbonyl (C=O) groups is 1. The molecule has 0 aromatic carbocycles. The summed E-state index contributed by atoms with van der Waals surface area (Å²) < 4.78 is 5.79. The normalized spacial score (nSPS) is 21.5. The predicted molar refractivity (Wildman–Crippen MR) is 101 cm³/mol. The van der Waals surface area contributed by atoms with Crippen LogP contribution in [0.25, 0.3) is 0 Å². The van der Waals surface area contributed by atoms with Crippen LogP contribution >= 0.6 is 0 Å². The van der Waals surface area contributed by atoms with Crippen LogP contribution in [0.1, 0.15) is 87.0 Å². The van der Waals surface area contributed by atoms with Crippen LogP contribution in [0, 0.1) is 0 Å². The molecule has 0 saturated carbocycles. The molecule has 1 atom stereocenters. The largest absolute Gasteiger partial charge is 0.369 e. The minimum Gasteiger partial charge on any atom is -0.369 e. The van der Waals surface area contributed by atoms with Gasteiger partial charge < -0.3 is 15.0 Å². The first-order chi connectivity index (χ1) is 11.1. The molecule has 1 N–H and O–H groups in total. The molecule has 4 heteroatoms. The number of rotatable bonds is 9. The third-order valence-corrected chi connectivity index (χ3v) is 4.86. The van der Waals surface area contributed by atoms with E-state index in [4.69, 9.17) is 4.74 Å². The summed E-state index contributed by atoms with van der Waals surface area (Å²) in [5, 5.41) is 3.71. The molecule has 1 heterocycles. The second-order valence-electron chi connectivity index (χ2n) is 8.71. The highest BCUT2D eigenvalue weighted by molar-refractivity contribution is 5.81. The Labute approximate surface area is 149 Å². The molecule has 0 aliphatic carbocycles. The number of nitrogens with one attached hydrogen (secondary N) is 1. The third-order valence-electron chi connectivity index (χ3n) is 4.86. The van der Waals surface area contributed by atoms with E-state index in [-0.39, 0.29) is 29.1 Å². The fourth-order valence-electron chi connectivity index (χ4n) is 4.00. The van der Waals surface area contributed by atoms with Crippen molar-refractivity contribution in [3.05, 3.63) is 0 Å². The lowest BCUT2D eigenvalue weighted by atomic mass is 9.79. The molecule has 1 unspecified atom stereocenters. The minimum absolute atomic E-state index is 0.0451. The lowest BCUT2D eigenvalue weighted by Gasteiger charge is -2.50. The van der Waals surface area contributed by atoms with Gasteiger partial charge in [0.05, 0.1) is 0 Å². The zero-order chi connectivity index (χ0) is 18.4. The molecule has 1 aliphatic heterocycles. The number of piperidine rings is 1. The molecular formula is C20H40N2O2. The molecule has 1 saturated heterocycles. The maximum Gasteiger partial charge on any atom is 0.251 e. The summed E-state index contributed by atoms with van der Waals surface area (Å²) in [6.45, 7) is 16.7. The number of ether oxygens (including phenoxy) is 1. The van der Waals surface area contributed by atoms with Crippen LogP contribution in [0.3, 0.4) is 0 Å². The summed E-state index contributed by atoms with van der Waals surface area (Å²) in [7, 11) is 0. The summed E-state index contributed by atoms with van der Waals surface area (Å²) in [6.07, 6.45) is 5.91. The first-order valence-corrected chi connectivity index (χ1v) is 9.83. The van der Waals surface area contributed by atoms with Gasteiger partial charge in [-0.25, -0.2) is 0 Å². The van der Waals surface area contributed by atoms with E-state index in [9.17, 15) is 4.79 Å². The van der Waals surface area contributed by atoms with Crippen molar-refractivity contribution < 1.29 is 9.53 Å². The standard InChI is InChI=1S/C20H40N2O2/c1-8-10-12-22(18(23)16(3)24-13-11-9-2)17-14-19(4,5)21-20(6,7)15-17/h16-17,21H,8-15H2,1-7H3. The second-order valence-corrected chi connectivity index (χ2v) is 8.71. The molecule has 0 aromatic heterocycles. The van der Waals surface area contributed by atoms with Crippen LogP contribution < -0.4 is 5.32 Å². The Hall–Kier alpha value is -0.610. The smallest absolute Gasteiger partial charge is 0.251 e. The molecule has 0 bridgehead atoms. The maximum absolute atomic E-state index is 13.0. The summed E-state index contributed by atoms with van der Waals surface area (Å²) in [5.41, 5.74) is 0.0902. The summed E-state index contributed by atoms with van der Waals surface area (Å²) >= 11 is 0. The topological polar surface area (TPSA) is 41.6 Å². The highest BCUT2D eigenvalue weighted by Gasteiger charge is 2.41. The minimum atomic E-state index is -0.338. The van der Waals surface area contributed by atoms with Crippen molar-refractivity contribution in [3.63, 3.8) is 0 Å². The number of unbranched alkanes of at least 4 members (excludes halogenated alkanes) is 2. The molecule has 1 fully saturated rings. The van der Waals surface area contributed by atoms with Gasteiger partial charge in [0.2, 0.25) is 0 Å². The monoisotopic (exact) mass is 340 g/mol. The zero-order valence-electron chi connectivity index (χ0n) is 17.1. The Bertz CT molecular complexity index is 377. The lowest BCUT2D eigenvalue weighted by molar-refractivity contribution is -0.147. The van der Waals surface area contributed by atoms with Crippen LogP contribution in [-0.4, -0.2) is 47.2 Å². The molecule has 24 heavy (non-hydrogen) atoms. The summed E-state index contributed by atoms with van der Waals surface area (Å²) in [5.74, 6) is 0.165. The van der Waals surface area contributed by atoms with Crippen molar-refractivity contribution in [1.82, 2.24) is 10.2 Å². The van der Waals surface area contributed by atoms with Crippen molar-refractivity contribution in [1.29, 1.82) is 0 Å². The average Bonchev–Trinajstić information content (AvgIpc) is 2.44. The molecule has 0 aromatic rings. The van der Waals surface area contributed by atoms with Gasteiger partial charge in [0.15, 0.2) is 0 Å². The quantitative estimate of drug-likeness (QED) is 0.642. The lowest BCUT2D eigenvalue weighted by Crippen LogP contribution is -2.63. The van der Waals surface area contributed by atoms with Crippen LogP contribution in [-0.2, 0) is 9.53 Å². The van der Waals surface area contributed by atoms with Crippen molar-refractivity contribution in [3.8, 4) is 0 Å². The van der Waals surface area contributed by atoms with E-state index >= 15 is 0 Å². The first-order valence-electron chi connectivity index (χ1n) is 9.83. The Morgan fingerprint density at radius 2 is 1.67 bits per heavy atom. The SMILES string of the molecule is CCCCOC(C)C(=O)N(CCCC)C1CC(C)(C)NC(C)(C)C1. The molecule has 1 rings (SSSR count). The van der Waals surface area contributed by atoms with Gasteiger partial charge in [0, 0.05) is 30.3 Å². The van der Waals surface area contributed by atoms with Crippen molar-refractivity contribution in [2.45, 2.75) is 110 Å². The Balaban J connectivity index is 2.84. The Kier molecular flexibility index (Phi) is 8.21. The number of hydrogen-bond acceptors (Lipinski definition) is 3. The van der Waals surface area contributed by atoms with Gasteiger partial charge in [-0.15, -0.1) is 0 Å². The highest BCUT2D eigenvalue weighted by Crippen LogP contribution is 2.32. The second kappa shape index (κ2) is 9.19. The van der Waals surface area contributed by atoms with Gasteiger partial charge in [0.1, 0.15) is 6.10 Å². The van der Waals surface area contributed by atoms with E-state index in [1.165, 1.54) is 0 Å². The summed E-state index contributed by atoms with van der Waals surface area (Å²) in [6, 6.07) is 0.285. The number of hydrogen-bond donors (Lipinski definition) is 1. The number of carbonyl (C=O) groups excluding carboxylic acids is 1. The van der Waals surface area contributed by atoms with E-state index in [2.05, 4.69) is 51.8 Å². The summed E-state index contributed by atoms with van der Waals surface area (Å²) in [4.78, 5) is 15.2. The van der Waals surface area contributed by atoms with E-state index in [0.717, 1.165) is 45.1 Å². The van der Waals surface area contributed by atoms with Crippen LogP contribution in [0.2, 0.25) is 0 Å². The van der Waals surface area contributed by atoms with Crippen molar-refractivity contribution >= 4 is 5.91 Å². The molecule has 142 valence electrons. The molecular weight excluding hydrogens is 300 g/mol. The Morgan fingerprint density at radius 3 is 2.17 bits per heavy atom. The van der Waals surface area contributed by atoms with E-state index in [1.807, 2.05) is 6.92 Å². The molecule has 1 amide bonds. The first kappa shape index (κ1) is 21.4. The van der Waals surface area contributed by atoms with Crippen molar-refractivity contribution in [2.75, 3.05) is 13.2 Å². The van der Waals surface area contributed by atoms with Crippen LogP contribution in [0.4, 0.5) is 0 Å². The highest BCUT2D eigenvalue weighted by atomic mass is 16.5. The van der Waals surface area contributed by atoms with Gasteiger partial charge >= 0.3 is 0 Å². The zero-order valence-corrected chi connectivity index (χ0v) is 17.1. The maximum atomic E-state index is 13.0. The predicted octanol–water partition coefficient (Wildman–Crippen LogP) is 4.13. The fraction of sp³-hybridized carbons (Fsp3) is 0.950. The van der Waals surface area contributed by atoms with Gasteiger partial charge in [0.25, 0.3) is 5.91 Å². The third kappa shape index (κ3) is 6.72. The van der Waals surface area contributed by atoms with Gasteiger partial charge in [-0.3, -0.25) is 4.79 Å². The Morgan fingerprint density at radius 1 is 1.12 bits per heavy atom. The number of amides is 1. The average molecular weight is 341 g/mol. The molecule has 0 spiro atoms. The number of nitrogens with zero attached hydrogens (tertiary/aromatic N) is 1. The molecule has 1 aliphatic rings. The van der Waals surface area contributed by atoms with Crippen LogP contribution in [0.5, 0.6) is 0 Å². The fourth-order valence-corrected chi connectivity index (χ4v) is 4.00. The van der Waals surface area contributed by atoms with Crippen molar-refractivity contribution in [2.24, 2.45) is 0 Å². The van der Waals surface area contributed by atoms with E-state index in [0.29, 0.717) is 6.61 Å². The van der Waals surface area contributed by atoms with Gasteiger partial charge in [-0.05, 0) is 60.3 Å². The molecule has 0 radical (unpaired) electrons. The van der Waals surface area contributed by atoms with Gasteiger partial charge in [-0.2, -0.15) is 0 Å². The van der Waals surface area contributed by atoms with E-state index in [1.54, 1.807) is 0 Å². The van der Waals surface area contributed by atoms with Crippen LogP contribution in [0.15, 0.2) is 0 Å². The van der Waals surface area contributed by atoms with E-state index < -0.39 is 0 Å². The van der Waals surface area contributed by atoms with Gasteiger partial charge in [-0.1, -0.05) is 26.7 Å². The molecule has 4 nitrogen and oxygen atoms in total.